The van der Waals surface area contributed by atoms with E-state index in [0.29, 0.717) is 11.7 Å². The molecule has 1 saturated carbocycles. The van der Waals surface area contributed by atoms with Crippen molar-refractivity contribution in [1.29, 1.82) is 0 Å². The lowest BCUT2D eigenvalue weighted by atomic mass is 9.71. The molecule has 0 spiro atoms. The highest BCUT2D eigenvalue weighted by Gasteiger charge is 2.42. The second kappa shape index (κ2) is 4.98. The van der Waals surface area contributed by atoms with E-state index in [1.165, 1.54) is 12.8 Å². The fourth-order valence-corrected chi connectivity index (χ4v) is 3.50. The zero-order chi connectivity index (χ0) is 13.3. The number of nitrogens with one attached hydrogen (secondary N) is 1. The smallest absolute Gasteiger partial charge is 0.141 e. The van der Waals surface area contributed by atoms with Crippen LogP contribution in [0.25, 0.3) is 0 Å². The monoisotopic (exact) mass is 262 g/mol. The molecule has 0 bridgehead atoms. The highest BCUT2D eigenvalue weighted by molar-refractivity contribution is 5.53. The average Bonchev–Trinajstić information content (AvgIpc) is 2.46. The summed E-state index contributed by atoms with van der Waals surface area (Å²) in [4.78, 5) is 6.48. The third-order valence-corrected chi connectivity index (χ3v) is 4.68. The van der Waals surface area contributed by atoms with Crippen molar-refractivity contribution in [3.05, 3.63) is 18.3 Å². The largest absolute Gasteiger partial charge is 0.389 e. The maximum atomic E-state index is 10.7. The Labute approximate surface area is 113 Å². The SMILES string of the molecule is NNc1cc(N2CCC3(O)CCCCC3C2)ccn1. The van der Waals surface area contributed by atoms with Crippen LogP contribution in [0.15, 0.2) is 18.3 Å². The quantitative estimate of drug-likeness (QED) is 0.556. The number of nitrogen functional groups attached to an aromatic ring is 1. The topological polar surface area (TPSA) is 74.4 Å². The van der Waals surface area contributed by atoms with Crippen LogP contribution in [0.5, 0.6) is 0 Å². The predicted octanol–water partition coefficient (Wildman–Crippen LogP) is 1.50. The zero-order valence-corrected chi connectivity index (χ0v) is 11.2. The molecule has 2 aliphatic rings. The van der Waals surface area contributed by atoms with E-state index < -0.39 is 5.60 Å². The van der Waals surface area contributed by atoms with Crippen molar-refractivity contribution in [1.82, 2.24) is 4.98 Å². The molecule has 104 valence electrons. The number of hydrazine groups is 1. The molecule has 0 amide bonds. The standard InChI is InChI=1S/C14H22N4O/c15-17-13-9-12(4-7-16-13)18-8-6-14(19)5-2-1-3-11(14)10-18/h4,7,9,11,19H,1-3,5-6,8,10,15H2,(H,16,17). The lowest BCUT2D eigenvalue weighted by Gasteiger charge is -2.48. The van der Waals surface area contributed by atoms with Gasteiger partial charge in [0.1, 0.15) is 5.82 Å². The van der Waals surface area contributed by atoms with Crippen molar-refractivity contribution in [3.63, 3.8) is 0 Å². The number of nitrogens with two attached hydrogens (primary N) is 1. The number of piperidine rings is 1. The second-order valence-corrected chi connectivity index (χ2v) is 5.79. The fourth-order valence-electron chi connectivity index (χ4n) is 3.50. The van der Waals surface area contributed by atoms with Gasteiger partial charge in [0.2, 0.25) is 0 Å². The Bertz CT molecular complexity index is 453. The molecule has 0 radical (unpaired) electrons. The Balaban J connectivity index is 1.76. The van der Waals surface area contributed by atoms with E-state index in [9.17, 15) is 5.11 Å². The van der Waals surface area contributed by atoms with Gasteiger partial charge in [-0.05, 0) is 25.3 Å². The van der Waals surface area contributed by atoms with Crippen LogP contribution in [0.3, 0.4) is 0 Å². The molecule has 19 heavy (non-hydrogen) atoms. The summed E-state index contributed by atoms with van der Waals surface area (Å²) >= 11 is 0. The fraction of sp³-hybridized carbons (Fsp3) is 0.643. The Morgan fingerprint density at radius 3 is 3.16 bits per heavy atom. The number of pyridine rings is 1. The van der Waals surface area contributed by atoms with E-state index in [-0.39, 0.29) is 0 Å². The van der Waals surface area contributed by atoms with Gasteiger partial charge in [-0.1, -0.05) is 12.8 Å². The minimum atomic E-state index is -0.420. The van der Waals surface area contributed by atoms with Crippen molar-refractivity contribution in [2.75, 3.05) is 23.4 Å². The van der Waals surface area contributed by atoms with E-state index in [4.69, 9.17) is 5.84 Å². The molecule has 0 aromatic carbocycles. The van der Waals surface area contributed by atoms with E-state index in [2.05, 4.69) is 15.3 Å². The summed E-state index contributed by atoms with van der Waals surface area (Å²) in [6.45, 7) is 1.84. The number of hydrogen-bond acceptors (Lipinski definition) is 5. The molecule has 1 aliphatic heterocycles. The van der Waals surface area contributed by atoms with Gasteiger partial charge in [-0.15, -0.1) is 0 Å². The number of aliphatic hydroxyl groups is 1. The van der Waals surface area contributed by atoms with Gasteiger partial charge in [-0.3, -0.25) is 0 Å². The summed E-state index contributed by atoms with van der Waals surface area (Å²) in [5.74, 6) is 6.49. The van der Waals surface area contributed by atoms with Gasteiger partial charge in [0.25, 0.3) is 0 Å². The van der Waals surface area contributed by atoms with Gasteiger partial charge in [0, 0.05) is 37.0 Å². The minimum Gasteiger partial charge on any atom is -0.389 e. The Morgan fingerprint density at radius 1 is 1.42 bits per heavy atom. The van der Waals surface area contributed by atoms with Crippen LogP contribution >= 0.6 is 0 Å². The van der Waals surface area contributed by atoms with Gasteiger partial charge in [0.05, 0.1) is 5.60 Å². The number of rotatable bonds is 2. The van der Waals surface area contributed by atoms with Crippen LogP contribution in [0.4, 0.5) is 11.5 Å². The number of nitrogens with zero attached hydrogens (tertiary/aromatic N) is 2. The van der Waals surface area contributed by atoms with Crippen LogP contribution in [0, 0.1) is 5.92 Å². The molecule has 2 unspecified atom stereocenters. The van der Waals surface area contributed by atoms with Gasteiger partial charge >= 0.3 is 0 Å². The Kier molecular flexibility index (Phi) is 3.33. The molecule has 1 aromatic rings. The molecule has 5 heteroatoms. The Morgan fingerprint density at radius 2 is 2.32 bits per heavy atom. The first-order chi connectivity index (χ1) is 9.21. The van der Waals surface area contributed by atoms with E-state index in [1.54, 1.807) is 6.20 Å². The summed E-state index contributed by atoms with van der Waals surface area (Å²) in [6.07, 6.45) is 7.16. The van der Waals surface area contributed by atoms with Gasteiger partial charge < -0.3 is 15.4 Å². The molecule has 1 aromatic heterocycles. The molecule has 3 rings (SSSR count). The first-order valence-electron chi connectivity index (χ1n) is 7.11. The normalized spacial score (nSPS) is 30.8. The van der Waals surface area contributed by atoms with Crippen molar-refractivity contribution in [3.8, 4) is 0 Å². The van der Waals surface area contributed by atoms with Crippen LogP contribution in [0.2, 0.25) is 0 Å². The molecule has 2 heterocycles. The maximum Gasteiger partial charge on any atom is 0.141 e. The molecule has 1 aliphatic carbocycles. The Hall–Kier alpha value is -1.33. The molecule has 2 fully saturated rings. The van der Waals surface area contributed by atoms with Crippen LogP contribution in [0.1, 0.15) is 32.1 Å². The number of anilines is 2. The van der Waals surface area contributed by atoms with Gasteiger partial charge in [0.15, 0.2) is 0 Å². The minimum absolute atomic E-state index is 0.400. The second-order valence-electron chi connectivity index (χ2n) is 5.79. The molecule has 5 nitrogen and oxygen atoms in total. The summed E-state index contributed by atoms with van der Waals surface area (Å²) in [5.41, 5.74) is 3.30. The molecular weight excluding hydrogens is 240 g/mol. The van der Waals surface area contributed by atoms with Crippen molar-refractivity contribution in [2.45, 2.75) is 37.7 Å². The predicted molar refractivity (Wildman–Crippen MR) is 75.8 cm³/mol. The average molecular weight is 262 g/mol. The lowest BCUT2D eigenvalue weighted by Crippen LogP contribution is -2.53. The number of hydrogen-bond donors (Lipinski definition) is 3. The third-order valence-electron chi connectivity index (χ3n) is 4.68. The van der Waals surface area contributed by atoms with E-state index in [1.807, 2.05) is 12.1 Å². The lowest BCUT2D eigenvalue weighted by molar-refractivity contribution is -0.0612. The maximum absolute atomic E-state index is 10.7. The van der Waals surface area contributed by atoms with Crippen molar-refractivity contribution in [2.24, 2.45) is 11.8 Å². The molecule has 4 N–H and O–H groups in total. The number of aromatic nitrogens is 1. The van der Waals surface area contributed by atoms with Crippen LogP contribution < -0.4 is 16.2 Å². The van der Waals surface area contributed by atoms with E-state index >= 15 is 0 Å². The third kappa shape index (κ3) is 2.40. The summed E-state index contributed by atoms with van der Waals surface area (Å²) < 4.78 is 0. The summed E-state index contributed by atoms with van der Waals surface area (Å²) in [7, 11) is 0. The van der Waals surface area contributed by atoms with Crippen molar-refractivity contribution >= 4 is 11.5 Å². The van der Waals surface area contributed by atoms with Crippen LogP contribution in [-0.2, 0) is 0 Å². The first kappa shape index (κ1) is 12.7. The van der Waals surface area contributed by atoms with Crippen LogP contribution in [-0.4, -0.2) is 28.8 Å². The zero-order valence-electron chi connectivity index (χ0n) is 11.2. The highest BCUT2D eigenvalue weighted by Crippen LogP contribution is 2.40. The molecule has 1 saturated heterocycles. The van der Waals surface area contributed by atoms with Gasteiger partial charge in [-0.2, -0.15) is 0 Å². The first-order valence-corrected chi connectivity index (χ1v) is 7.11. The van der Waals surface area contributed by atoms with Crippen molar-refractivity contribution < 1.29 is 5.11 Å². The summed E-state index contributed by atoms with van der Waals surface area (Å²) in [6, 6.07) is 3.97. The molecular formula is C14H22N4O. The highest BCUT2D eigenvalue weighted by atomic mass is 16.3. The summed E-state index contributed by atoms with van der Waals surface area (Å²) in [5, 5.41) is 10.7. The molecule has 2 atom stereocenters. The van der Waals surface area contributed by atoms with Gasteiger partial charge in [-0.25, -0.2) is 10.8 Å². The number of fused-ring (bicyclic) bond motifs is 1. The van der Waals surface area contributed by atoms with E-state index in [0.717, 1.165) is 38.0 Å².